The van der Waals surface area contributed by atoms with Gasteiger partial charge in [0.05, 0.1) is 10.3 Å². The van der Waals surface area contributed by atoms with Crippen LogP contribution in [0, 0.1) is 5.82 Å². The molecule has 1 aromatic carbocycles. The number of anilines is 1. The average molecular weight is 304 g/mol. The monoisotopic (exact) mass is 304 g/mol. The van der Waals surface area contributed by atoms with Crippen LogP contribution >= 0.6 is 12.2 Å². The highest BCUT2D eigenvalue weighted by atomic mass is 32.2. The minimum absolute atomic E-state index is 0.0715. The maximum Gasteiger partial charge on any atom is 0.154 e. The molecule has 1 aromatic rings. The van der Waals surface area contributed by atoms with Crippen molar-refractivity contribution in [1.29, 1.82) is 0 Å². The van der Waals surface area contributed by atoms with Gasteiger partial charge in [-0.25, -0.2) is 12.8 Å². The Morgan fingerprint density at radius 2 is 2.05 bits per heavy atom. The molecule has 0 aromatic heterocycles. The summed E-state index contributed by atoms with van der Waals surface area (Å²) in [6, 6.07) is 4.37. The Balaban J connectivity index is 3.03. The number of halogens is 1. The van der Waals surface area contributed by atoms with Crippen LogP contribution in [0.1, 0.15) is 19.4 Å². The number of nitrogens with one attached hydrogen (secondary N) is 1. The zero-order valence-corrected chi connectivity index (χ0v) is 12.7. The van der Waals surface area contributed by atoms with Crippen LogP contribution in [0.25, 0.3) is 0 Å². The van der Waals surface area contributed by atoms with Crippen molar-refractivity contribution in [1.82, 2.24) is 0 Å². The average Bonchev–Trinajstić information content (AvgIpc) is 2.24. The second kappa shape index (κ2) is 5.42. The SMILES string of the molecule is CC(C)(CNc1cccc(F)c1C(N)=S)S(C)(=O)=O. The van der Waals surface area contributed by atoms with Crippen molar-refractivity contribution >= 4 is 32.7 Å². The highest BCUT2D eigenvalue weighted by molar-refractivity contribution is 7.92. The van der Waals surface area contributed by atoms with Gasteiger partial charge in [-0.3, -0.25) is 0 Å². The molecule has 0 aliphatic heterocycles. The molecule has 0 unspecified atom stereocenters. The van der Waals surface area contributed by atoms with E-state index in [1.165, 1.54) is 12.1 Å². The zero-order chi connectivity index (χ0) is 14.8. The first-order valence-electron chi connectivity index (χ1n) is 5.58. The first kappa shape index (κ1) is 15.8. The molecular weight excluding hydrogens is 287 g/mol. The molecular formula is C12H17FN2O2S2. The summed E-state index contributed by atoms with van der Waals surface area (Å²) < 4.78 is 35.8. The molecule has 0 saturated heterocycles. The molecule has 0 heterocycles. The Labute approximate surface area is 118 Å². The lowest BCUT2D eigenvalue weighted by atomic mass is 10.1. The third-order valence-corrected chi connectivity index (χ3v) is 5.32. The quantitative estimate of drug-likeness (QED) is 0.810. The van der Waals surface area contributed by atoms with E-state index in [-0.39, 0.29) is 17.1 Å². The maximum atomic E-state index is 13.6. The first-order chi connectivity index (χ1) is 8.56. The Bertz CT molecular complexity index is 598. The van der Waals surface area contributed by atoms with Gasteiger partial charge in [0.25, 0.3) is 0 Å². The molecule has 0 amide bonds. The molecule has 0 atom stereocenters. The number of hydrogen-bond donors (Lipinski definition) is 2. The molecule has 106 valence electrons. The van der Waals surface area contributed by atoms with Crippen LogP contribution in [-0.4, -0.2) is 31.0 Å². The number of hydrogen-bond acceptors (Lipinski definition) is 4. The van der Waals surface area contributed by atoms with Crippen molar-refractivity contribution in [3.8, 4) is 0 Å². The molecule has 19 heavy (non-hydrogen) atoms. The van der Waals surface area contributed by atoms with Crippen LogP contribution in [-0.2, 0) is 9.84 Å². The van der Waals surface area contributed by atoms with Crippen molar-refractivity contribution in [3.63, 3.8) is 0 Å². The van der Waals surface area contributed by atoms with Crippen LogP contribution in [0.15, 0.2) is 18.2 Å². The van der Waals surface area contributed by atoms with E-state index in [9.17, 15) is 12.8 Å². The van der Waals surface area contributed by atoms with E-state index in [0.717, 1.165) is 6.26 Å². The Morgan fingerprint density at radius 1 is 1.47 bits per heavy atom. The Morgan fingerprint density at radius 3 is 2.53 bits per heavy atom. The molecule has 0 bridgehead atoms. The highest BCUT2D eigenvalue weighted by Crippen LogP contribution is 2.21. The smallest absolute Gasteiger partial charge is 0.154 e. The van der Waals surface area contributed by atoms with E-state index in [2.05, 4.69) is 5.32 Å². The summed E-state index contributed by atoms with van der Waals surface area (Å²) in [7, 11) is -3.24. The summed E-state index contributed by atoms with van der Waals surface area (Å²) in [5, 5.41) is 2.90. The van der Waals surface area contributed by atoms with E-state index in [1.807, 2.05) is 0 Å². The van der Waals surface area contributed by atoms with Gasteiger partial charge in [-0.1, -0.05) is 18.3 Å². The van der Waals surface area contributed by atoms with Gasteiger partial charge in [-0.2, -0.15) is 0 Å². The lowest BCUT2D eigenvalue weighted by molar-refractivity contribution is 0.560. The maximum absolute atomic E-state index is 13.6. The van der Waals surface area contributed by atoms with Gasteiger partial charge in [0, 0.05) is 18.5 Å². The normalized spacial score (nSPS) is 12.2. The summed E-state index contributed by atoms with van der Waals surface area (Å²) in [4.78, 5) is -0.0715. The second-order valence-corrected chi connectivity index (χ2v) is 8.00. The lowest BCUT2D eigenvalue weighted by Crippen LogP contribution is -2.38. The predicted molar refractivity (Wildman–Crippen MR) is 79.7 cm³/mol. The summed E-state index contributed by atoms with van der Waals surface area (Å²) in [6.45, 7) is 3.31. The highest BCUT2D eigenvalue weighted by Gasteiger charge is 2.30. The van der Waals surface area contributed by atoms with Gasteiger partial charge >= 0.3 is 0 Å². The molecule has 7 heteroatoms. The zero-order valence-electron chi connectivity index (χ0n) is 11.0. The topological polar surface area (TPSA) is 72.2 Å². The Hall–Kier alpha value is -1.21. The van der Waals surface area contributed by atoms with Gasteiger partial charge < -0.3 is 11.1 Å². The first-order valence-corrected chi connectivity index (χ1v) is 7.88. The number of rotatable bonds is 5. The van der Waals surface area contributed by atoms with Crippen LogP contribution in [0.3, 0.4) is 0 Å². The molecule has 0 aliphatic rings. The largest absolute Gasteiger partial charge is 0.389 e. The van der Waals surface area contributed by atoms with E-state index < -0.39 is 20.4 Å². The van der Waals surface area contributed by atoms with Gasteiger partial charge in [0.1, 0.15) is 10.8 Å². The molecule has 0 spiro atoms. The minimum atomic E-state index is -3.24. The third-order valence-electron chi connectivity index (χ3n) is 2.97. The van der Waals surface area contributed by atoms with Crippen molar-refractivity contribution in [3.05, 3.63) is 29.6 Å². The third kappa shape index (κ3) is 3.63. The summed E-state index contributed by atoms with van der Waals surface area (Å²) in [6.07, 6.45) is 1.16. The van der Waals surface area contributed by atoms with Crippen molar-refractivity contribution < 1.29 is 12.8 Å². The Kier molecular flexibility index (Phi) is 4.52. The number of sulfone groups is 1. The minimum Gasteiger partial charge on any atom is -0.389 e. The van der Waals surface area contributed by atoms with Crippen molar-refractivity contribution in [2.45, 2.75) is 18.6 Å². The standard InChI is InChI=1S/C12H17FN2O2S2/c1-12(2,19(3,16)17)7-15-9-6-4-5-8(13)10(9)11(14)18/h4-6,15H,7H2,1-3H3,(H2,14,18). The fraction of sp³-hybridized carbons (Fsp3) is 0.417. The molecule has 0 aliphatic carbocycles. The molecule has 1 rings (SSSR count). The lowest BCUT2D eigenvalue weighted by Gasteiger charge is -2.24. The number of thiocarbonyl (C=S) groups is 1. The van der Waals surface area contributed by atoms with Gasteiger partial charge in [-0.15, -0.1) is 0 Å². The molecule has 3 N–H and O–H groups in total. The van der Waals surface area contributed by atoms with E-state index in [4.69, 9.17) is 18.0 Å². The van der Waals surface area contributed by atoms with Gasteiger partial charge in [-0.05, 0) is 26.0 Å². The van der Waals surface area contributed by atoms with Crippen LogP contribution in [0.4, 0.5) is 10.1 Å². The fourth-order valence-electron chi connectivity index (χ4n) is 1.36. The summed E-state index contributed by atoms with van der Waals surface area (Å²) in [5.74, 6) is -0.533. The van der Waals surface area contributed by atoms with Crippen molar-refractivity contribution in [2.24, 2.45) is 5.73 Å². The van der Waals surface area contributed by atoms with Crippen molar-refractivity contribution in [2.75, 3.05) is 18.1 Å². The van der Waals surface area contributed by atoms with Crippen LogP contribution in [0.5, 0.6) is 0 Å². The van der Waals surface area contributed by atoms with Crippen LogP contribution < -0.4 is 11.1 Å². The number of nitrogens with two attached hydrogens (primary N) is 1. The fourth-order valence-corrected chi connectivity index (χ4v) is 1.90. The summed E-state index contributed by atoms with van der Waals surface area (Å²) in [5.41, 5.74) is 5.97. The van der Waals surface area contributed by atoms with Gasteiger partial charge in [0.15, 0.2) is 9.84 Å². The molecule has 0 radical (unpaired) electrons. The molecule has 0 saturated carbocycles. The predicted octanol–water partition coefficient (Wildman–Crippen LogP) is 1.70. The molecule has 4 nitrogen and oxygen atoms in total. The number of benzene rings is 1. The van der Waals surface area contributed by atoms with Crippen LogP contribution in [0.2, 0.25) is 0 Å². The molecule has 0 fully saturated rings. The van der Waals surface area contributed by atoms with E-state index in [1.54, 1.807) is 19.9 Å². The van der Waals surface area contributed by atoms with Gasteiger partial charge in [0.2, 0.25) is 0 Å². The summed E-state index contributed by atoms with van der Waals surface area (Å²) >= 11 is 4.80. The van der Waals surface area contributed by atoms with E-state index >= 15 is 0 Å². The van der Waals surface area contributed by atoms with E-state index in [0.29, 0.717) is 5.69 Å². The second-order valence-electron chi connectivity index (χ2n) is 4.91.